The number of carbonyl (C=O) groups is 1. The number of carbonyl (C=O) groups excluding carboxylic acids is 1. The monoisotopic (exact) mass is 277 g/mol. The van der Waals surface area contributed by atoms with Gasteiger partial charge in [0.05, 0.1) is 0 Å². The zero-order chi connectivity index (χ0) is 14.4. The lowest BCUT2D eigenvalue weighted by molar-refractivity contribution is -0.132. The highest BCUT2D eigenvalue weighted by molar-refractivity contribution is 5.77. The Bertz CT molecular complexity index is 444. The van der Waals surface area contributed by atoms with Crippen molar-refractivity contribution in [3.05, 3.63) is 24.3 Å². The SMILES string of the molecule is CN(CCN1CCCC1)C(=O)COc1cccc(N)c1. The highest BCUT2D eigenvalue weighted by atomic mass is 16.5. The maximum atomic E-state index is 12.0. The molecule has 0 spiro atoms. The third-order valence-corrected chi connectivity index (χ3v) is 3.60. The van der Waals surface area contributed by atoms with Gasteiger partial charge >= 0.3 is 0 Å². The van der Waals surface area contributed by atoms with E-state index in [1.54, 1.807) is 23.1 Å². The molecule has 1 aromatic carbocycles. The average Bonchev–Trinajstić information content (AvgIpc) is 2.95. The molecule has 0 bridgehead atoms. The fourth-order valence-electron chi connectivity index (χ4n) is 2.28. The van der Waals surface area contributed by atoms with Crippen LogP contribution in [0.4, 0.5) is 5.69 Å². The first-order valence-electron chi connectivity index (χ1n) is 7.10. The minimum atomic E-state index is -0.00776. The second kappa shape index (κ2) is 7.14. The number of benzene rings is 1. The molecule has 5 heteroatoms. The highest BCUT2D eigenvalue weighted by Crippen LogP contribution is 2.14. The zero-order valence-corrected chi connectivity index (χ0v) is 12.0. The molecular formula is C15H23N3O2. The number of anilines is 1. The van der Waals surface area contributed by atoms with Crippen molar-refractivity contribution in [3.63, 3.8) is 0 Å². The van der Waals surface area contributed by atoms with Gasteiger partial charge in [0.2, 0.25) is 0 Å². The Hall–Kier alpha value is -1.75. The summed E-state index contributed by atoms with van der Waals surface area (Å²) in [5, 5.41) is 0. The van der Waals surface area contributed by atoms with E-state index in [1.807, 2.05) is 13.1 Å². The molecule has 1 saturated heterocycles. The summed E-state index contributed by atoms with van der Waals surface area (Å²) in [5.41, 5.74) is 6.30. The summed E-state index contributed by atoms with van der Waals surface area (Å²) in [7, 11) is 1.82. The van der Waals surface area contributed by atoms with Gasteiger partial charge in [0.25, 0.3) is 5.91 Å². The number of amides is 1. The molecule has 1 amide bonds. The van der Waals surface area contributed by atoms with E-state index < -0.39 is 0 Å². The fourth-order valence-corrected chi connectivity index (χ4v) is 2.28. The largest absolute Gasteiger partial charge is 0.484 e. The van der Waals surface area contributed by atoms with Gasteiger partial charge in [-0.2, -0.15) is 0 Å². The van der Waals surface area contributed by atoms with Crippen LogP contribution >= 0.6 is 0 Å². The van der Waals surface area contributed by atoms with Crippen LogP contribution in [0.5, 0.6) is 5.75 Å². The van der Waals surface area contributed by atoms with E-state index in [9.17, 15) is 4.79 Å². The molecule has 0 saturated carbocycles. The number of hydrogen-bond donors (Lipinski definition) is 1. The van der Waals surface area contributed by atoms with Crippen LogP contribution in [0, 0.1) is 0 Å². The van der Waals surface area contributed by atoms with Crippen LogP contribution in [0.1, 0.15) is 12.8 Å². The van der Waals surface area contributed by atoms with E-state index in [2.05, 4.69) is 4.90 Å². The van der Waals surface area contributed by atoms with Crippen molar-refractivity contribution in [1.29, 1.82) is 0 Å². The highest BCUT2D eigenvalue weighted by Gasteiger charge is 2.14. The first-order valence-corrected chi connectivity index (χ1v) is 7.10. The standard InChI is InChI=1S/C15H23N3O2/c1-17(9-10-18-7-2-3-8-18)15(19)12-20-14-6-4-5-13(16)11-14/h4-6,11H,2-3,7-10,12,16H2,1H3. The summed E-state index contributed by atoms with van der Waals surface area (Å²) in [5.74, 6) is 0.623. The van der Waals surface area contributed by atoms with Crippen molar-refractivity contribution in [1.82, 2.24) is 9.80 Å². The molecule has 20 heavy (non-hydrogen) atoms. The third kappa shape index (κ3) is 4.42. The number of nitrogens with two attached hydrogens (primary N) is 1. The maximum absolute atomic E-state index is 12.0. The molecule has 2 N–H and O–H groups in total. The summed E-state index contributed by atoms with van der Waals surface area (Å²) in [4.78, 5) is 16.1. The Labute approximate surface area is 120 Å². The molecule has 0 radical (unpaired) electrons. The molecule has 0 aromatic heterocycles. The number of nitrogens with zero attached hydrogens (tertiary/aromatic N) is 2. The molecule has 1 aliphatic heterocycles. The number of nitrogen functional groups attached to an aromatic ring is 1. The molecule has 1 fully saturated rings. The van der Waals surface area contributed by atoms with E-state index in [0.717, 1.165) is 26.2 Å². The maximum Gasteiger partial charge on any atom is 0.260 e. The van der Waals surface area contributed by atoms with Gasteiger partial charge in [-0.25, -0.2) is 0 Å². The Morgan fingerprint density at radius 1 is 1.40 bits per heavy atom. The number of likely N-dealkylation sites (tertiary alicyclic amines) is 1. The Morgan fingerprint density at radius 3 is 2.85 bits per heavy atom. The Kier molecular flexibility index (Phi) is 5.24. The van der Waals surface area contributed by atoms with Crippen LogP contribution in [-0.2, 0) is 4.79 Å². The van der Waals surface area contributed by atoms with E-state index in [1.165, 1.54) is 12.8 Å². The van der Waals surface area contributed by atoms with Crippen LogP contribution in [-0.4, -0.2) is 55.5 Å². The second-order valence-electron chi connectivity index (χ2n) is 5.23. The molecule has 1 aliphatic rings. The molecule has 0 unspecified atom stereocenters. The average molecular weight is 277 g/mol. The Morgan fingerprint density at radius 2 is 2.15 bits per heavy atom. The predicted octanol–water partition coefficient (Wildman–Crippen LogP) is 1.20. The van der Waals surface area contributed by atoms with Gasteiger partial charge in [-0.1, -0.05) is 6.07 Å². The van der Waals surface area contributed by atoms with E-state index in [-0.39, 0.29) is 12.5 Å². The molecule has 110 valence electrons. The molecule has 0 aliphatic carbocycles. The number of ether oxygens (including phenoxy) is 1. The van der Waals surface area contributed by atoms with Crippen molar-refractivity contribution >= 4 is 11.6 Å². The van der Waals surface area contributed by atoms with Gasteiger partial charge in [0.15, 0.2) is 6.61 Å². The minimum Gasteiger partial charge on any atom is -0.484 e. The Balaban J connectivity index is 1.70. The first-order chi connectivity index (χ1) is 9.65. The molecular weight excluding hydrogens is 254 g/mol. The lowest BCUT2D eigenvalue weighted by atomic mass is 10.3. The van der Waals surface area contributed by atoms with Crippen molar-refractivity contribution in [2.45, 2.75) is 12.8 Å². The molecule has 1 aromatic rings. The summed E-state index contributed by atoms with van der Waals surface area (Å²) >= 11 is 0. The van der Waals surface area contributed by atoms with Gasteiger partial charge in [0.1, 0.15) is 5.75 Å². The first kappa shape index (κ1) is 14.7. The summed E-state index contributed by atoms with van der Waals surface area (Å²) in [6, 6.07) is 7.12. The van der Waals surface area contributed by atoms with Crippen LogP contribution in [0.2, 0.25) is 0 Å². The van der Waals surface area contributed by atoms with Crippen LogP contribution in [0.25, 0.3) is 0 Å². The number of rotatable bonds is 6. The molecule has 2 rings (SSSR count). The normalized spacial score (nSPS) is 15.2. The van der Waals surface area contributed by atoms with E-state index >= 15 is 0 Å². The molecule has 0 atom stereocenters. The third-order valence-electron chi connectivity index (χ3n) is 3.60. The van der Waals surface area contributed by atoms with E-state index in [4.69, 9.17) is 10.5 Å². The van der Waals surface area contributed by atoms with Crippen LogP contribution in [0.15, 0.2) is 24.3 Å². The second-order valence-corrected chi connectivity index (χ2v) is 5.23. The van der Waals surface area contributed by atoms with E-state index in [0.29, 0.717) is 11.4 Å². The van der Waals surface area contributed by atoms with Gasteiger partial charge in [-0.3, -0.25) is 4.79 Å². The van der Waals surface area contributed by atoms with Gasteiger partial charge < -0.3 is 20.3 Å². The predicted molar refractivity (Wildman–Crippen MR) is 79.7 cm³/mol. The smallest absolute Gasteiger partial charge is 0.260 e. The van der Waals surface area contributed by atoms with Crippen LogP contribution < -0.4 is 10.5 Å². The summed E-state index contributed by atoms with van der Waals surface area (Å²) in [6.45, 7) is 4.06. The topological polar surface area (TPSA) is 58.8 Å². The fraction of sp³-hybridized carbons (Fsp3) is 0.533. The van der Waals surface area contributed by atoms with Gasteiger partial charge in [-0.05, 0) is 38.1 Å². The molecule has 5 nitrogen and oxygen atoms in total. The van der Waals surface area contributed by atoms with Crippen molar-refractivity contribution < 1.29 is 9.53 Å². The molecule has 1 heterocycles. The van der Waals surface area contributed by atoms with Crippen LogP contribution in [0.3, 0.4) is 0 Å². The minimum absolute atomic E-state index is 0.00776. The van der Waals surface area contributed by atoms with Crippen molar-refractivity contribution in [2.24, 2.45) is 0 Å². The quantitative estimate of drug-likeness (QED) is 0.794. The zero-order valence-electron chi connectivity index (χ0n) is 12.0. The lowest BCUT2D eigenvalue weighted by Crippen LogP contribution is -2.37. The van der Waals surface area contributed by atoms with Gasteiger partial charge in [-0.15, -0.1) is 0 Å². The van der Waals surface area contributed by atoms with Crippen molar-refractivity contribution in [3.8, 4) is 5.75 Å². The number of hydrogen-bond acceptors (Lipinski definition) is 4. The lowest BCUT2D eigenvalue weighted by Gasteiger charge is -2.21. The summed E-state index contributed by atoms with van der Waals surface area (Å²) < 4.78 is 5.46. The summed E-state index contributed by atoms with van der Waals surface area (Å²) in [6.07, 6.45) is 2.55. The number of likely N-dealkylation sites (N-methyl/N-ethyl adjacent to an activating group) is 1. The van der Waals surface area contributed by atoms with Gasteiger partial charge in [0, 0.05) is 31.9 Å². The van der Waals surface area contributed by atoms with Crippen molar-refractivity contribution in [2.75, 3.05) is 45.6 Å².